The lowest BCUT2D eigenvalue weighted by molar-refractivity contribution is -0.274. The number of hydrogen-bond donors (Lipinski definition) is 0. The summed E-state index contributed by atoms with van der Waals surface area (Å²) in [7, 11) is -4.04. The van der Waals surface area contributed by atoms with Crippen molar-refractivity contribution in [2.45, 2.75) is 62.4 Å². The minimum atomic E-state index is -4.89. The molecule has 2 aliphatic rings. The van der Waals surface area contributed by atoms with Crippen LogP contribution >= 0.6 is 0 Å². The first-order chi connectivity index (χ1) is 13.8. The predicted octanol–water partition coefficient (Wildman–Crippen LogP) is 3.43. The molecule has 0 spiro atoms. The number of nitrogens with zero attached hydrogens (tertiary/aromatic N) is 4. The zero-order chi connectivity index (χ0) is 20.6. The molecular weight excluding hydrogens is 409 g/mol. The number of ether oxygens (including phenoxy) is 1. The second kappa shape index (κ2) is 7.60. The molecule has 1 saturated heterocycles. The van der Waals surface area contributed by atoms with Gasteiger partial charge in [-0.2, -0.15) is 4.31 Å². The molecule has 0 aliphatic carbocycles. The van der Waals surface area contributed by atoms with Gasteiger partial charge in [0.2, 0.25) is 10.0 Å². The van der Waals surface area contributed by atoms with E-state index in [2.05, 4.69) is 14.9 Å². The van der Waals surface area contributed by atoms with E-state index in [0.717, 1.165) is 50.2 Å². The Labute approximate surface area is 166 Å². The zero-order valence-corrected chi connectivity index (χ0v) is 16.4. The van der Waals surface area contributed by atoms with E-state index in [1.807, 2.05) is 4.57 Å². The lowest BCUT2D eigenvalue weighted by Gasteiger charge is -2.34. The molecule has 1 atom stereocenters. The van der Waals surface area contributed by atoms with Gasteiger partial charge in [0.1, 0.15) is 11.6 Å². The summed E-state index contributed by atoms with van der Waals surface area (Å²) in [4.78, 5) is -0.232. The number of benzene rings is 1. The molecule has 0 N–H and O–H groups in total. The monoisotopic (exact) mass is 430 g/mol. The Kier molecular flexibility index (Phi) is 5.28. The molecule has 4 rings (SSSR count). The lowest BCUT2D eigenvalue weighted by atomic mass is 10.0. The molecule has 29 heavy (non-hydrogen) atoms. The van der Waals surface area contributed by atoms with Crippen LogP contribution in [-0.4, -0.2) is 40.4 Å². The van der Waals surface area contributed by atoms with Gasteiger partial charge in [0.15, 0.2) is 5.82 Å². The Morgan fingerprint density at radius 3 is 2.66 bits per heavy atom. The number of aromatic nitrogens is 3. The second-order valence-electron chi connectivity index (χ2n) is 7.23. The quantitative estimate of drug-likeness (QED) is 0.743. The van der Waals surface area contributed by atoms with Crippen molar-refractivity contribution in [3.63, 3.8) is 0 Å². The minimum Gasteiger partial charge on any atom is -0.406 e. The van der Waals surface area contributed by atoms with Crippen LogP contribution in [-0.2, 0) is 23.0 Å². The molecule has 158 valence electrons. The number of hydrogen-bond acceptors (Lipinski definition) is 5. The number of fused-ring (bicyclic) bond motifs is 1. The average molecular weight is 430 g/mol. The summed E-state index contributed by atoms with van der Waals surface area (Å²) >= 11 is 0. The highest BCUT2D eigenvalue weighted by atomic mass is 32.2. The van der Waals surface area contributed by atoms with Gasteiger partial charge in [-0.3, -0.25) is 0 Å². The van der Waals surface area contributed by atoms with E-state index < -0.39 is 28.2 Å². The van der Waals surface area contributed by atoms with Crippen molar-refractivity contribution in [3.05, 3.63) is 35.9 Å². The Balaban J connectivity index is 1.68. The lowest BCUT2D eigenvalue weighted by Crippen LogP contribution is -2.40. The summed E-state index contributed by atoms with van der Waals surface area (Å²) in [5, 5.41) is 8.50. The van der Waals surface area contributed by atoms with Crippen LogP contribution in [0.15, 0.2) is 29.2 Å². The first-order valence-electron chi connectivity index (χ1n) is 9.55. The van der Waals surface area contributed by atoms with Crippen LogP contribution in [0.2, 0.25) is 0 Å². The van der Waals surface area contributed by atoms with Crippen LogP contribution < -0.4 is 4.74 Å². The molecule has 2 aromatic rings. The summed E-state index contributed by atoms with van der Waals surface area (Å²) < 4.78 is 71.4. The number of sulfonamides is 1. The predicted molar refractivity (Wildman–Crippen MR) is 96.6 cm³/mol. The highest BCUT2D eigenvalue weighted by Gasteiger charge is 2.38. The summed E-state index contributed by atoms with van der Waals surface area (Å²) in [6, 6.07) is 4.03. The topological polar surface area (TPSA) is 77.3 Å². The van der Waals surface area contributed by atoms with Crippen LogP contribution in [0, 0.1) is 0 Å². The fourth-order valence-corrected chi connectivity index (χ4v) is 5.69. The Morgan fingerprint density at radius 1 is 1.07 bits per heavy atom. The summed E-state index contributed by atoms with van der Waals surface area (Å²) in [6.45, 7) is 1.02. The van der Waals surface area contributed by atoms with Crippen molar-refractivity contribution in [2.75, 3.05) is 6.54 Å². The molecule has 2 aliphatic heterocycles. The van der Waals surface area contributed by atoms with Gasteiger partial charge in [0, 0.05) is 25.6 Å². The summed E-state index contributed by atoms with van der Waals surface area (Å²) in [5.74, 6) is 0.910. The number of rotatable bonds is 4. The zero-order valence-electron chi connectivity index (χ0n) is 15.6. The van der Waals surface area contributed by atoms with Gasteiger partial charge >= 0.3 is 6.36 Å². The van der Waals surface area contributed by atoms with Crippen molar-refractivity contribution in [3.8, 4) is 5.75 Å². The first kappa shape index (κ1) is 20.1. The van der Waals surface area contributed by atoms with Crippen LogP contribution in [0.3, 0.4) is 0 Å². The third-order valence-electron chi connectivity index (χ3n) is 5.29. The molecule has 1 aromatic heterocycles. The molecule has 0 unspecified atom stereocenters. The van der Waals surface area contributed by atoms with Gasteiger partial charge in [0.25, 0.3) is 0 Å². The van der Waals surface area contributed by atoms with Crippen LogP contribution in [0.1, 0.15) is 49.8 Å². The molecule has 0 bridgehead atoms. The first-order valence-corrected chi connectivity index (χ1v) is 11.0. The van der Waals surface area contributed by atoms with E-state index in [1.165, 1.54) is 16.4 Å². The van der Waals surface area contributed by atoms with E-state index in [0.29, 0.717) is 18.7 Å². The van der Waals surface area contributed by atoms with Gasteiger partial charge in [-0.1, -0.05) is 12.5 Å². The maximum Gasteiger partial charge on any atom is 0.573 e. The SMILES string of the molecule is O=S(=O)(c1cccc(OC(F)(F)F)c1)N1CCCC[C@@H]1c1nnc2n1CCCC2. The van der Waals surface area contributed by atoms with E-state index in [1.54, 1.807) is 0 Å². The largest absolute Gasteiger partial charge is 0.573 e. The number of alkyl halides is 3. The second-order valence-corrected chi connectivity index (χ2v) is 9.12. The van der Waals surface area contributed by atoms with E-state index in [9.17, 15) is 21.6 Å². The number of halogens is 3. The fourth-order valence-electron chi connectivity index (χ4n) is 4.00. The minimum absolute atomic E-state index is 0.232. The van der Waals surface area contributed by atoms with E-state index >= 15 is 0 Å². The van der Waals surface area contributed by atoms with Crippen molar-refractivity contribution in [1.82, 2.24) is 19.1 Å². The van der Waals surface area contributed by atoms with E-state index in [4.69, 9.17) is 0 Å². The fraction of sp³-hybridized carbons (Fsp3) is 0.556. The van der Waals surface area contributed by atoms with Crippen molar-refractivity contribution in [2.24, 2.45) is 0 Å². The van der Waals surface area contributed by atoms with Gasteiger partial charge in [-0.15, -0.1) is 23.4 Å². The smallest absolute Gasteiger partial charge is 0.406 e. The van der Waals surface area contributed by atoms with Crippen molar-refractivity contribution < 1.29 is 26.3 Å². The van der Waals surface area contributed by atoms with Gasteiger partial charge in [-0.25, -0.2) is 8.42 Å². The van der Waals surface area contributed by atoms with Gasteiger partial charge in [-0.05, 0) is 37.8 Å². The van der Waals surface area contributed by atoms with Gasteiger partial charge in [0.05, 0.1) is 10.9 Å². The normalized spacial score (nSPS) is 21.0. The molecule has 1 fully saturated rings. The Hall–Kier alpha value is -2.14. The van der Waals surface area contributed by atoms with Crippen molar-refractivity contribution in [1.29, 1.82) is 0 Å². The Morgan fingerprint density at radius 2 is 1.86 bits per heavy atom. The molecule has 0 saturated carbocycles. The number of piperidine rings is 1. The van der Waals surface area contributed by atoms with E-state index in [-0.39, 0.29) is 11.4 Å². The van der Waals surface area contributed by atoms with Crippen molar-refractivity contribution >= 4 is 10.0 Å². The molecule has 3 heterocycles. The van der Waals surface area contributed by atoms with Crippen LogP contribution in [0.25, 0.3) is 0 Å². The average Bonchev–Trinajstić information content (AvgIpc) is 3.11. The molecule has 1 aromatic carbocycles. The molecule has 11 heteroatoms. The number of aryl methyl sites for hydroxylation is 1. The molecule has 7 nitrogen and oxygen atoms in total. The third-order valence-corrected chi connectivity index (χ3v) is 7.19. The van der Waals surface area contributed by atoms with Crippen LogP contribution in [0.4, 0.5) is 13.2 Å². The summed E-state index contributed by atoms with van der Waals surface area (Å²) in [6.07, 6.45) is 0.0345. The van der Waals surface area contributed by atoms with Crippen LogP contribution in [0.5, 0.6) is 5.75 Å². The molecular formula is C18H21F3N4O3S. The summed E-state index contributed by atoms with van der Waals surface area (Å²) in [5.41, 5.74) is 0. The molecule has 0 amide bonds. The molecule has 0 radical (unpaired) electrons. The highest BCUT2D eigenvalue weighted by Crippen LogP contribution is 2.36. The maximum atomic E-state index is 13.3. The maximum absolute atomic E-state index is 13.3. The Bertz CT molecular complexity index is 990. The standard InChI is InChI=1S/C18H21F3N4O3S/c19-18(20,21)28-13-6-5-7-14(12-13)29(26,27)25-11-4-1-8-15(25)17-23-22-16-9-2-3-10-24(16)17/h5-7,12,15H,1-4,8-11H2/t15-/m1/s1. The highest BCUT2D eigenvalue weighted by molar-refractivity contribution is 7.89. The van der Waals surface area contributed by atoms with Gasteiger partial charge < -0.3 is 9.30 Å². The third kappa shape index (κ3) is 4.11.